The molecule has 3 unspecified atom stereocenters. The second-order valence-electron chi connectivity index (χ2n) is 4.96. The van der Waals surface area contributed by atoms with Gasteiger partial charge in [0.25, 0.3) is 0 Å². The molecule has 0 radical (unpaired) electrons. The lowest BCUT2D eigenvalue weighted by Gasteiger charge is -2.41. The Balaban J connectivity index is 1.95. The number of piperidine rings is 1. The first-order chi connectivity index (χ1) is 7.68. The third-order valence-electron chi connectivity index (χ3n) is 3.84. The molecule has 0 aromatic rings. The van der Waals surface area contributed by atoms with Crippen molar-refractivity contribution in [1.82, 2.24) is 4.90 Å². The number of rotatable bonds is 2. The van der Waals surface area contributed by atoms with Crippen molar-refractivity contribution in [3.05, 3.63) is 0 Å². The second-order valence-corrected chi connectivity index (χ2v) is 6.44. The van der Waals surface area contributed by atoms with Crippen LogP contribution in [0.15, 0.2) is 0 Å². The molecule has 0 spiro atoms. The van der Waals surface area contributed by atoms with Crippen LogP contribution in [0, 0.1) is 5.92 Å². The quantitative estimate of drug-likeness (QED) is 0.806. The number of likely N-dealkylation sites (tertiary alicyclic amines) is 1. The Labute approximate surface area is 102 Å². The van der Waals surface area contributed by atoms with Crippen LogP contribution in [0.3, 0.4) is 0 Å². The van der Waals surface area contributed by atoms with Crippen LogP contribution >= 0.6 is 11.8 Å². The van der Waals surface area contributed by atoms with Crippen LogP contribution in [0.2, 0.25) is 0 Å². The van der Waals surface area contributed by atoms with Crippen molar-refractivity contribution in [2.45, 2.75) is 43.9 Å². The van der Waals surface area contributed by atoms with Crippen LogP contribution in [0.1, 0.15) is 32.6 Å². The van der Waals surface area contributed by atoms with E-state index in [1.165, 1.54) is 18.6 Å². The molecule has 0 aromatic carbocycles. The molecule has 1 N–H and O–H groups in total. The second kappa shape index (κ2) is 5.41. The van der Waals surface area contributed by atoms with Crippen molar-refractivity contribution in [2.75, 3.05) is 18.8 Å². The summed E-state index contributed by atoms with van der Waals surface area (Å²) >= 11 is 2.04. The molecule has 3 nitrogen and oxygen atoms in total. The van der Waals surface area contributed by atoms with Gasteiger partial charge in [0, 0.05) is 17.8 Å². The molecule has 2 rings (SSSR count). The Morgan fingerprint density at radius 1 is 1.38 bits per heavy atom. The summed E-state index contributed by atoms with van der Waals surface area (Å²) in [5.41, 5.74) is 0. The lowest BCUT2D eigenvalue weighted by molar-refractivity contribution is -0.144. The SMILES string of the molecule is CC1SCCCC1N1CCCC(C(=O)O)C1. The van der Waals surface area contributed by atoms with Crippen LogP contribution in [-0.4, -0.2) is 46.1 Å². The van der Waals surface area contributed by atoms with Gasteiger partial charge in [0.1, 0.15) is 0 Å². The molecular formula is C12H21NO2S. The zero-order chi connectivity index (χ0) is 11.5. The van der Waals surface area contributed by atoms with Gasteiger partial charge in [-0.25, -0.2) is 0 Å². The van der Waals surface area contributed by atoms with Gasteiger partial charge in [-0.05, 0) is 38.0 Å². The summed E-state index contributed by atoms with van der Waals surface area (Å²) in [5.74, 6) is 0.530. The van der Waals surface area contributed by atoms with Gasteiger partial charge in [-0.2, -0.15) is 11.8 Å². The first-order valence-electron chi connectivity index (χ1n) is 6.27. The average Bonchev–Trinajstić information content (AvgIpc) is 2.30. The van der Waals surface area contributed by atoms with E-state index in [1.54, 1.807) is 0 Å². The predicted octanol–water partition coefficient (Wildman–Crippen LogP) is 2.07. The van der Waals surface area contributed by atoms with E-state index in [4.69, 9.17) is 5.11 Å². The van der Waals surface area contributed by atoms with Gasteiger partial charge in [-0.3, -0.25) is 9.69 Å². The summed E-state index contributed by atoms with van der Waals surface area (Å²) in [6.45, 7) is 4.16. The van der Waals surface area contributed by atoms with Crippen molar-refractivity contribution >= 4 is 17.7 Å². The van der Waals surface area contributed by atoms with E-state index in [0.717, 1.165) is 25.9 Å². The maximum atomic E-state index is 11.0. The van der Waals surface area contributed by atoms with E-state index in [9.17, 15) is 4.79 Å². The fourth-order valence-corrected chi connectivity index (χ4v) is 4.13. The highest BCUT2D eigenvalue weighted by Crippen LogP contribution is 2.31. The number of aliphatic carboxylic acids is 1. The third kappa shape index (κ3) is 2.72. The average molecular weight is 243 g/mol. The lowest BCUT2D eigenvalue weighted by atomic mass is 9.95. The van der Waals surface area contributed by atoms with Crippen molar-refractivity contribution in [1.29, 1.82) is 0 Å². The summed E-state index contributed by atoms with van der Waals surface area (Å²) in [6.07, 6.45) is 4.44. The largest absolute Gasteiger partial charge is 0.481 e. The van der Waals surface area contributed by atoms with Gasteiger partial charge in [-0.1, -0.05) is 6.92 Å². The fraction of sp³-hybridized carbons (Fsp3) is 0.917. The van der Waals surface area contributed by atoms with E-state index in [2.05, 4.69) is 11.8 Å². The van der Waals surface area contributed by atoms with E-state index >= 15 is 0 Å². The summed E-state index contributed by atoms with van der Waals surface area (Å²) in [4.78, 5) is 13.5. The molecule has 0 saturated carbocycles. The number of carbonyl (C=O) groups is 1. The van der Waals surface area contributed by atoms with Gasteiger partial charge in [0.15, 0.2) is 0 Å². The van der Waals surface area contributed by atoms with Crippen LogP contribution < -0.4 is 0 Å². The number of carboxylic acid groups (broad SMARTS) is 1. The van der Waals surface area contributed by atoms with Crippen molar-refractivity contribution in [2.24, 2.45) is 5.92 Å². The zero-order valence-electron chi connectivity index (χ0n) is 9.89. The third-order valence-corrected chi connectivity index (χ3v) is 5.20. The Hall–Kier alpha value is -0.220. The highest BCUT2D eigenvalue weighted by Gasteiger charge is 2.33. The Morgan fingerprint density at radius 2 is 2.19 bits per heavy atom. The molecule has 0 amide bonds. The monoisotopic (exact) mass is 243 g/mol. The number of carboxylic acids is 1. The predicted molar refractivity (Wildman–Crippen MR) is 66.9 cm³/mol. The molecule has 4 heteroatoms. The molecule has 92 valence electrons. The molecule has 0 bridgehead atoms. The number of hydrogen-bond donors (Lipinski definition) is 1. The van der Waals surface area contributed by atoms with Crippen LogP contribution in [-0.2, 0) is 4.79 Å². The summed E-state index contributed by atoms with van der Waals surface area (Å²) in [6, 6.07) is 0.612. The minimum atomic E-state index is -0.610. The normalized spacial score (nSPS) is 37.2. The summed E-state index contributed by atoms with van der Waals surface area (Å²) in [5, 5.41) is 9.76. The Kier molecular flexibility index (Phi) is 4.14. The van der Waals surface area contributed by atoms with E-state index in [-0.39, 0.29) is 5.92 Å². The standard InChI is InChI=1S/C12H21NO2S/c1-9-11(5-3-7-16-9)13-6-2-4-10(8-13)12(14)15/h9-11H,2-8H2,1H3,(H,14,15). The molecule has 2 heterocycles. The minimum Gasteiger partial charge on any atom is -0.481 e. The number of thioether (sulfide) groups is 1. The molecule has 16 heavy (non-hydrogen) atoms. The Morgan fingerprint density at radius 3 is 2.88 bits per heavy atom. The van der Waals surface area contributed by atoms with Gasteiger partial charge >= 0.3 is 5.97 Å². The number of nitrogens with zero attached hydrogens (tertiary/aromatic N) is 1. The van der Waals surface area contributed by atoms with E-state index in [1.807, 2.05) is 11.8 Å². The molecular weight excluding hydrogens is 222 g/mol. The first kappa shape index (κ1) is 12.2. The fourth-order valence-electron chi connectivity index (χ4n) is 2.90. The van der Waals surface area contributed by atoms with Crippen molar-refractivity contribution in [3.8, 4) is 0 Å². The molecule has 2 saturated heterocycles. The number of hydrogen-bond acceptors (Lipinski definition) is 3. The highest BCUT2D eigenvalue weighted by atomic mass is 32.2. The molecule has 2 fully saturated rings. The topological polar surface area (TPSA) is 40.5 Å². The molecule has 0 aliphatic carbocycles. The van der Waals surface area contributed by atoms with Crippen LogP contribution in [0.25, 0.3) is 0 Å². The van der Waals surface area contributed by atoms with Crippen molar-refractivity contribution < 1.29 is 9.90 Å². The van der Waals surface area contributed by atoms with Crippen LogP contribution in [0.5, 0.6) is 0 Å². The smallest absolute Gasteiger partial charge is 0.307 e. The highest BCUT2D eigenvalue weighted by molar-refractivity contribution is 7.99. The van der Waals surface area contributed by atoms with Gasteiger partial charge in [0.05, 0.1) is 5.92 Å². The molecule has 2 aliphatic heterocycles. The summed E-state index contributed by atoms with van der Waals surface area (Å²) < 4.78 is 0. The van der Waals surface area contributed by atoms with E-state index < -0.39 is 5.97 Å². The van der Waals surface area contributed by atoms with Gasteiger partial charge < -0.3 is 5.11 Å². The van der Waals surface area contributed by atoms with Crippen LogP contribution in [0.4, 0.5) is 0 Å². The molecule has 0 aromatic heterocycles. The zero-order valence-corrected chi connectivity index (χ0v) is 10.7. The first-order valence-corrected chi connectivity index (χ1v) is 7.32. The Bertz CT molecular complexity index is 259. The lowest BCUT2D eigenvalue weighted by Crippen LogP contribution is -2.49. The minimum absolute atomic E-state index is 0.132. The van der Waals surface area contributed by atoms with Gasteiger partial charge in [0.2, 0.25) is 0 Å². The van der Waals surface area contributed by atoms with E-state index in [0.29, 0.717) is 11.3 Å². The van der Waals surface area contributed by atoms with Crippen molar-refractivity contribution in [3.63, 3.8) is 0 Å². The molecule has 2 aliphatic rings. The maximum absolute atomic E-state index is 11.0. The maximum Gasteiger partial charge on any atom is 0.307 e. The van der Waals surface area contributed by atoms with Gasteiger partial charge in [-0.15, -0.1) is 0 Å². The molecule has 3 atom stereocenters. The summed E-state index contributed by atoms with van der Waals surface area (Å²) in [7, 11) is 0.